The van der Waals surface area contributed by atoms with Gasteiger partial charge in [-0.25, -0.2) is 24.9 Å². The number of H-pyrrole nitrogens is 1. The molecule has 25 nitrogen and oxygen atoms in total. The van der Waals surface area contributed by atoms with E-state index in [1.807, 2.05) is 37.8 Å². The summed E-state index contributed by atoms with van der Waals surface area (Å²) < 4.78 is 10.1. The van der Waals surface area contributed by atoms with Gasteiger partial charge >= 0.3 is 0 Å². The summed E-state index contributed by atoms with van der Waals surface area (Å²) in [4.78, 5) is 133. The van der Waals surface area contributed by atoms with Crippen LogP contribution < -0.4 is 16.0 Å². The summed E-state index contributed by atoms with van der Waals surface area (Å²) in [5.41, 5.74) is 6.76. The fraction of sp³-hybridized carbons (Fsp3) is 0.338. The van der Waals surface area contributed by atoms with E-state index < -0.39 is 17.7 Å². The Bertz CT molecular complexity index is 4320. The molecule has 0 aliphatic carbocycles. The number of aromatic hydroxyl groups is 1. The SMILES string of the molecule is CN(C)CCCCC(=O)CCCC(=O)c1cc(CC(=O)c2cc(CC(=O)c3ccc4c(c3)CC(c3nc(CC(=O)CCCNC(=O)c5cc(NC(=O)c6ccc7[nH]c(-c8nc(NC(=O)c9nccn9C)cn8C)nc7c6O)cn5C)cn3C)=N4)cn2C)cn1C. The molecule has 0 spiro atoms. The molecule has 0 saturated heterocycles. The van der Waals surface area contributed by atoms with Crippen LogP contribution >= 0.6 is 0 Å². The number of unbranched alkanes of at least 4 members (excludes halogenated alkanes) is 1. The number of anilines is 2. The average molecular weight is 1220 g/mol. The van der Waals surface area contributed by atoms with Gasteiger partial charge in [-0.2, -0.15) is 0 Å². The van der Waals surface area contributed by atoms with Crippen LogP contribution in [0.15, 0.2) is 96.9 Å². The number of nitrogens with one attached hydrogen (secondary N) is 4. The van der Waals surface area contributed by atoms with Crippen LogP contribution in [0.1, 0.15) is 142 Å². The molecule has 0 radical (unpaired) electrons. The number of nitrogens with zero attached hydrogens (tertiary/aromatic N) is 12. The van der Waals surface area contributed by atoms with Crippen molar-refractivity contribution in [1.29, 1.82) is 0 Å². The highest BCUT2D eigenvalue weighted by atomic mass is 16.3. The summed E-state index contributed by atoms with van der Waals surface area (Å²) in [7, 11) is 14.5. The van der Waals surface area contributed by atoms with Crippen molar-refractivity contribution in [1.82, 2.24) is 62.5 Å². The van der Waals surface area contributed by atoms with Crippen LogP contribution in [-0.2, 0) is 77.6 Å². The van der Waals surface area contributed by atoms with Gasteiger partial charge < -0.3 is 58.3 Å². The van der Waals surface area contributed by atoms with Gasteiger partial charge in [0.15, 0.2) is 52.2 Å². The first-order chi connectivity index (χ1) is 43.0. The number of phenolic OH excluding ortho intramolecular Hbond substituents is 1. The first kappa shape index (κ1) is 62.6. The molecule has 5 N–H and O–H groups in total. The van der Waals surface area contributed by atoms with E-state index >= 15 is 0 Å². The van der Waals surface area contributed by atoms with E-state index in [4.69, 9.17) is 9.98 Å². The van der Waals surface area contributed by atoms with Gasteiger partial charge in [0.05, 0.1) is 51.7 Å². The Morgan fingerprint density at radius 1 is 0.611 bits per heavy atom. The number of aromatic amines is 1. The Kier molecular flexibility index (Phi) is 18.7. The number of benzene rings is 2. The Balaban J connectivity index is 0.654. The van der Waals surface area contributed by atoms with E-state index in [0.717, 1.165) is 30.6 Å². The number of rotatable bonds is 29. The van der Waals surface area contributed by atoms with E-state index in [0.29, 0.717) is 94.4 Å². The Hall–Kier alpha value is -10.4. The van der Waals surface area contributed by atoms with Crippen molar-refractivity contribution in [2.45, 2.75) is 77.0 Å². The van der Waals surface area contributed by atoms with Crippen molar-refractivity contribution in [2.24, 2.45) is 47.3 Å². The number of aromatic nitrogens is 11. The first-order valence-electron chi connectivity index (χ1n) is 29.7. The summed E-state index contributed by atoms with van der Waals surface area (Å²) in [5.74, 6) is -0.408. The zero-order chi connectivity index (χ0) is 64.1. The fourth-order valence-electron chi connectivity index (χ4n) is 11.2. The van der Waals surface area contributed by atoms with Gasteiger partial charge in [0.2, 0.25) is 0 Å². The highest BCUT2D eigenvalue weighted by Gasteiger charge is 2.26. The largest absolute Gasteiger partial charge is 0.505 e. The third-order valence-corrected chi connectivity index (χ3v) is 15.8. The maximum atomic E-state index is 13.7. The van der Waals surface area contributed by atoms with Crippen LogP contribution in [0.5, 0.6) is 5.75 Å². The molecule has 1 aliphatic rings. The topological polar surface area (TPSA) is 305 Å². The van der Waals surface area contributed by atoms with E-state index in [-0.39, 0.29) is 108 Å². The third-order valence-electron chi connectivity index (χ3n) is 15.8. The van der Waals surface area contributed by atoms with Gasteiger partial charge in [0.25, 0.3) is 17.7 Å². The van der Waals surface area contributed by atoms with Gasteiger partial charge in [-0.05, 0) is 112 Å². The lowest BCUT2D eigenvalue weighted by Gasteiger charge is -2.08. The number of ketones is 5. The molecule has 466 valence electrons. The van der Waals surface area contributed by atoms with Gasteiger partial charge in [0, 0.05) is 143 Å². The first-order valence-corrected chi connectivity index (χ1v) is 29.7. The van der Waals surface area contributed by atoms with Gasteiger partial charge in [-0.15, -0.1) is 0 Å². The second-order valence-corrected chi connectivity index (χ2v) is 23.3. The molecule has 9 aromatic rings. The summed E-state index contributed by atoms with van der Waals surface area (Å²) in [6, 6.07) is 13.4. The molecule has 8 heterocycles. The lowest BCUT2D eigenvalue weighted by atomic mass is 10.00. The Labute approximate surface area is 518 Å². The van der Waals surface area contributed by atoms with Crippen molar-refractivity contribution in [2.75, 3.05) is 37.8 Å². The lowest BCUT2D eigenvalue weighted by Crippen LogP contribution is -2.26. The van der Waals surface area contributed by atoms with E-state index in [9.17, 15) is 43.5 Å². The molecule has 90 heavy (non-hydrogen) atoms. The summed E-state index contributed by atoms with van der Waals surface area (Å²) >= 11 is 0. The maximum absolute atomic E-state index is 13.7. The Morgan fingerprint density at radius 2 is 1.31 bits per heavy atom. The molecule has 0 saturated carbocycles. The van der Waals surface area contributed by atoms with Crippen molar-refractivity contribution in [3.63, 3.8) is 0 Å². The number of aryl methyl sites for hydroxylation is 6. The molecule has 3 amide bonds. The number of hydrogen-bond donors (Lipinski definition) is 5. The van der Waals surface area contributed by atoms with E-state index in [2.05, 4.69) is 40.8 Å². The van der Waals surface area contributed by atoms with Crippen molar-refractivity contribution in [3.8, 4) is 17.4 Å². The van der Waals surface area contributed by atoms with Crippen LogP contribution in [0.3, 0.4) is 0 Å². The number of imidazole rings is 4. The molecular weight excluding hydrogens is 1150 g/mol. The molecule has 10 rings (SSSR count). The number of carbonyl (C=O) groups is 8. The second-order valence-electron chi connectivity index (χ2n) is 23.3. The highest BCUT2D eigenvalue weighted by Crippen LogP contribution is 2.33. The van der Waals surface area contributed by atoms with Gasteiger partial charge in [-0.3, -0.25) is 38.4 Å². The number of aliphatic imine (C=N–C) groups is 1. The van der Waals surface area contributed by atoms with Crippen LogP contribution in [0.25, 0.3) is 22.7 Å². The molecule has 0 atom stereocenters. The molecule has 25 heteroatoms. The van der Waals surface area contributed by atoms with Crippen molar-refractivity contribution in [3.05, 3.63) is 154 Å². The number of fused-ring (bicyclic) bond motifs is 2. The van der Waals surface area contributed by atoms with Crippen LogP contribution in [0.4, 0.5) is 17.2 Å². The predicted octanol–water partition coefficient (Wildman–Crippen LogP) is 7.16. The number of Topliss-reactive ketones (excluding diaryl/α,β-unsaturated/α-hetero) is 5. The summed E-state index contributed by atoms with van der Waals surface area (Å²) in [6.07, 6.45) is 16.4. The third kappa shape index (κ3) is 14.4. The van der Waals surface area contributed by atoms with E-state index in [1.165, 1.54) is 18.3 Å². The number of amides is 3. The molecular formula is C65H72N16O9. The number of hydrogen-bond acceptors (Lipinski definition) is 15. The maximum Gasteiger partial charge on any atom is 0.292 e. The monoisotopic (exact) mass is 1220 g/mol. The molecule has 2 aromatic carbocycles. The van der Waals surface area contributed by atoms with Crippen LogP contribution in [0, 0.1) is 0 Å². The van der Waals surface area contributed by atoms with Crippen LogP contribution in [0.2, 0.25) is 0 Å². The quantitative estimate of drug-likeness (QED) is 0.0230. The van der Waals surface area contributed by atoms with E-state index in [1.54, 1.807) is 120 Å². The summed E-state index contributed by atoms with van der Waals surface area (Å²) in [5, 5.41) is 19.5. The smallest absolute Gasteiger partial charge is 0.292 e. The average Bonchev–Trinajstić information content (AvgIpc) is 1.81. The van der Waals surface area contributed by atoms with Crippen LogP contribution in [-0.4, -0.2) is 142 Å². The summed E-state index contributed by atoms with van der Waals surface area (Å²) in [6.45, 7) is 1.15. The van der Waals surface area contributed by atoms with Crippen molar-refractivity contribution < 1.29 is 43.5 Å². The molecule has 1 aliphatic heterocycles. The van der Waals surface area contributed by atoms with Gasteiger partial charge in [-0.1, -0.05) is 0 Å². The Morgan fingerprint density at radius 3 is 2.04 bits per heavy atom. The fourth-order valence-corrected chi connectivity index (χ4v) is 11.2. The van der Waals surface area contributed by atoms with Gasteiger partial charge in [0.1, 0.15) is 22.8 Å². The molecule has 7 aromatic heterocycles. The minimum absolute atomic E-state index is 0.0620. The standard InChI is InChI=1S/C65H72N16O9/c1-75(2)23-10-9-13-44(82)14-11-16-53(84)50-25-39(34-77(50)4)28-55(86)51-26-38(33-78(51)5)27-54(85)40-17-19-47-41(29-40)30-49(70-47)60-68-42(36-80(60)7)31-45(83)15-12-21-67-64(89)52-32-43(35-79(52)6)69-63(88)46-18-20-48-57(58(46)87)74-59(71-48)61-72-56(37-81(61)8)73-65(90)62-66-22-24-76(62)3/h17-20,22,24-26,29,32-37,87H,9-16,21,23,27-28,30-31H2,1-8H3,(H,67,89)(H,69,88)(H,71,74)(H,73,90). The minimum atomic E-state index is -0.643. The lowest BCUT2D eigenvalue weighted by molar-refractivity contribution is -0.119. The van der Waals surface area contributed by atoms with Crippen molar-refractivity contribution >= 4 is 80.6 Å². The normalized spacial score (nSPS) is 12.0. The predicted molar refractivity (Wildman–Crippen MR) is 337 cm³/mol. The molecule has 0 unspecified atom stereocenters. The molecule has 0 bridgehead atoms. The zero-order valence-corrected chi connectivity index (χ0v) is 51.6. The highest BCUT2D eigenvalue weighted by molar-refractivity contribution is 6.10. The number of phenols is 1. The minimum Gasteiger partial charge on any atom is -0.505 e. The second kappa shape index (κ2) is 26.9. The molecule has 0 fully saturated rings. The number of carbonyl (C=O) groups excluding carboxylic acids is 8. The zero-order valence-electron chi connectivity index (χ0n) is 51.6.